The minimum absolute atomic E-state index is 0.201. The standard InChI is InChI=1S/C26H22FN5OS2/c1-17(19-11-13-20(27)14-12-19)29-31-22(23-10-7-15-34-23)16-35-26(31)28-24-18(2)30(3)32(25(24)33)21-8-5-4-6-9-21/h4-16H,1-3H3. The van der Waals surface area contributed by atoms with Gasteiger partial charge in [-0.05, 0) is 55.1 Å². The van der Waals surface area contributed by atoms with Crippen LogP contribution in [0.15, 0.2) is 92.4 Å². The molecule has 3 heterocycles. The SMILES string of the molecule is CC(=Nn1c(-c2cccs2)csc1=Nc1c(C)n(C)n(-c2ccccc2)c1=O)c1ccc(F)cc1. The highest BCUT2D eigenvalue weighted by Gasteiger charge is 2.17. The molecular formula is C26H22FN5OS2. The Kier molecular flexibility index (Phi) is 6.19. The lowest BCUT2D eigenvalue weighted by Gasteiger charge is -2.07. The molecule has 0 saturated carbocycles. The Hall–Kier alpha value is -3.82. The number of hydrogen-bond donors (Lipinski definition) is 0. The zero-order valence-corrected chi connectivity index (χ0v) is 21.0. The van der Waals surface area contributed by atoms with Gasteiger partial charge in [-0.3, -0.25) is 9.48 Å². The molecule has 176 valence electrons. The molecule has 5 aromatic rings. The van der Waals surface area contributed by atoms with Crippen molar-refractivity contribution in [3.63, 3.8) is 0 Å². The van der Waals surface area contributed by atoms with Crippen LogP contribution in [0.3, 0.4) is 0 Å². The predicted octanol–water partition coefficient (Wildman–Crippen LogP) is 5.72. The van der Waals surface area contributed by atoms with E-state index in [-0.39, 0.29) is 11.4 Å². The Bertz CT molecular complexity index is 1640. The molecule has 0 aliphatic carbocycles. The van der Waals surface area contributed by atoms with Crippen molar-refractivity contribution in [2.45, 2.75) is 13.8 Å². The molecule has 0 N–H and O–H groups in total. The molecule has 0 spiro atoms. The number of thiophene rings is 1. The first-order valence-corrected chi connectivity index (χ1v) is 12.6. The number of aromatic nitrogens is 3. The minimum atomic E-state index is -0.297. The van der Waals surface area contributed by atoms with Gasteiger partial charge in [-0.2, -0.15) is 5.10 Å². The number of halogens is 1. The monoisotopic (exact) mass is 503 g/mol. The summed E-state index contributed by atoms with van der Waals surface area (Å²) in [6.45, 7) is 3.75. The van der Waals surface area contributed by atoms with Crippen molar-refractivity contribution in [1.29, 1.82) is 0 Å². The van der Waals surface area contributed by atoms with Gasteiger partial charge in [-0.15, -0.1) is 22.7 Å². The maximum atomic E-state index is 13.4. The lowest BCUT2D eigenvalue weighted by molar-refractivity contribution is 0.627. The first-order valence-electron chi connectivity index (χ1n) is 10.9. The van der Waals surface area contributed by atoms with Crippen LogP contribution in [0.4, 0.5) is 10.1 Å². The molecule has 3 aromatic heterocycles. The van der Waals surface area contributed by atoms with Crippen LogP contribution in [0, 0.1) is 12.7 Å². The zero-order valence-electron chi connectivity index (χ0n) is 19.3. The van der Waals surface area contributed by atoms with Crippen molar-refractivity contribution in [2.24, 2.45) is 17.1 Å². The van der Waals surface area contributed by atoms with Crippen LogP contribution in [-0.2, 0) is 7.05 Å². The van der Waals surface area contributed by atoms with Crippen LogP contribution in [0.1, 0.15) is 18.2 Å². The summed E-state index contributed by atoms with van der Waals surface area (Å²) in [6, 6.07) is 19.7. The van der Waals surface area contributed by atoms with Crippen LogP contribution in [0.25, 0.3) is 16.3 Å². The number of rotatable bonds is 5. The zero-order chi connectivity index (χ0) is 24.5. The van der Waals surface area contributed by atoms with Gasteiger partial charge in [0.2, 0.25) is 4.80 Å². The van der Waals surface area contributed by atoms with E-state index < -0.39 is 0 Å². The summed E-state index contributed by atoms with van der Waals surface area (Å²) in [5, 5.41) is 8.83. The van der Waals surface area contributed by atoms with E-state index in [2.05, 4.69) is 0 Å². The van der Waals surface area contributed by atoms with Crippen molar-refractivity contribution in [1.82, 2.24) is 14.0 Å². The highest BCUT2D eigenvalue weighted by atomic mass is 32.1. The summed E-state index contributed by atoms with van der Waals surface area (Å²) < 4.78 is 18.6. The molecule has 0 atom stereocenters. The molecule has 0 amide bonds. The van der Waals surface area contributed by atoms with Crippen LogP contribution < -0.4 is 10.4 Å². The van der Waals surface area contributed by atoms with Gasteiger partial charge in [0.05, 0.1) is 27.7 Å². The summed E-state index contributed by atoms with van der Waals surface area (Å²) in [6.07, 6.45) is 0. The Labute approximate surface area is 209 Å². The molecular weight excluding hydrogens is 481 g/mol. The average Bonchev–Trinajstić information content (AvgIpc) is 3.57. The van der Waals surface area contributed by atoms with Gasteiger partial charge in [0.1, 0.15) is 5.82 Å². The van der Waals surface area contributed by atoms with E-state index >= 15 is 0 Å². The normalized spacial score (nSPS) is 12.5. The van der Waals surface area contributed by atoms with Crippen LogP contribution in [0.2, 0.25) is 0 Å². The predicted molar refractivity (Wildman–Crippen MR) is 141 cm³/mol. The first kappa shape index (κ1) is 22.9. The third kappa shape index (κ3) is 4.36. The lowest BCUT2D eigenvalue weighted by atomic mass is 10.1. The van der Waals surface area contributed by atoms with Gasteiger partial charge in [0.25, 0.3) is 5.56 Å². The number of thiazole rings is 1. The molecule has 0 aliphatic heterocycles. The van der Waals surface area contributed by atoms with Crippen molar-refractivity contribution in [3.8, 4) is 16.3 Å². The van der Waals surface area contributed by atoms with E-state index in [9.17, 15) is 9.18 Å². The van der Waals surface area contributed by atoms with Crippen molar-refractivity contribution >= 4 is 34.1 Å². The van der Waals surface area contributed by atoms with Gasteiger partial charge in [-0.1, -0.05) is 36.4 Å². The van der Waals surface area contributed by atoms with Crippen molar-refractivity contribution in [2.75, 3.05) is 0 Å². The van der Waals surface area contributed by atoms with Crippen LogP contribution in [-0.4, -0.2) is 19.8 Å². The molecule has 0 bridgehead atoms. The first-order chi connectivity index (χ1) is 16.9. The fraction of sp³-hybridized carbons (Fsp3) is 0.115. The number of benzene rings is 2. The topological polar surface area (TPSA) is 56.6 Å². The summed E-state index contributed by atoms with van der Waals surface area (Å²) in [4.78, 5) is 19.8. The minimum Gasteiger partial charge on any atom is -0.283 e. The van der Waals surface area contributed by atoms with Gasteiger partial charge in [0, 0.05) is 12.4 Å². The Balaban J connectivity index is 1.71. The third-order valence-corrected chi connectivity index (χ3v) is 7.41. The molecule has 0 fully saturated rings. The number of nitrogens with zero attached hydrogens (tertiary/aromatic N) is 5. The van der Waals surface area contributed by atoms with E-state index in [1.807, 2.05) is 78.8 Å². The Morgan fingerprint density at radius 3 is 2.40 bits per heavy atom. The van der Waals surface area contributed by atoms with Crippen LogP contribution in [0.5, 0.6) is 0 Å². The Morgan fingerprint density at radius 2 is 1.71 bits per heavy atom. The average molecular weight is 504 g/mol. The second-order valence-electron chi connectivity index (χ2n) is 7.91. The summed E-state index contributed by atoms with van der Waals surface area (Å²) in [5.41, 5.74) is 4.06. The van der Waals surface area contributed by atoms with E-state index in [4.69, 9.17) is 10.1 Å². The smallest absolute Gasteiger partial charge is 0.283 e. The highest BCUT2D eigenvalue weighted by molar-refractivity contribution is 7.14. The van der Waals surface area contributed by atoms with Crippen molar-refractivity contribution in [3.05, 3.63) is 110 Å². The van der Waals surface area contributed by atoms with Gasteiger partial charge in [0.15, 0.2) is 5.69 Å². The molecule has 5 rings (SSSR count). The van der Waals surface area contributed by atoms with E-state index in [1.54, 1.807) is 32.8 Å². The van der Waals surface area contributed by atoms with E-state index in [0.29, 0.717) is 16.2 Å². The Morgan fingerprint density at radius 1 is 0.971 bits per heavy atom. The second kappa shape index (κ2) is 9.44. The highest BCUT2D eigenvalue weighted by Crippen LogP contribution is 2.26. The molecule has 6 nitrogen and oxygen atoms in total. The van der Waals surface area contributed by atoms with Crippen LogP contribution >= 0.6 is 22.7 Å². The molecule has 0 saturated heterocycles. The maximum absolute atomic E-state index is 13.4. The summed E-state index contributed by atoms with van der Waals surface area (Å²) in [5.74, 6) is -0.297. The second-order valence-corrected chi connectivity index (χ2v) is 9.69. The summed E-state index contributed by atoms with van der Waals surface area (Å²) in [7, 11) is 1.85. The van der Waals surface area contributed by atoms with E-state index in [0.717, 1.165) is 27.5 Å². The van der Waals surface area contributed by atoms with E-state index in [1.165, 1.54) is 23.5 Å². The van der Waals surface area contributed by atoms with Crippen molar-refractivity contribution < 1.29 is 4.39 Å². The fourth-order valence-corrected chi connectivity index (χ4v) is 5.37. The maximum Gasteiger partial charge on any atom is 0.297 e. The molecule has 0 radical (unpaired) electrons. The number of hydrogen-bond acceptors (Lipinski definition) is 5. The largest absolute Gasteiger partial charge is 0.297 e. The van der Waals surface area contributed by atoms with Gasteiger partial charge < -0.3 is 0 Å². The third-order valence-electron chi connectivity index (χ3n) is 5.70. The van der Waals surface area contributed by atoms with Gasteiger partial charge in [-0.25, -0.2) is 18.7 Å². The molecule has 2 aromatic carbocycles. The summed E-state index contributed by atoms with van der Waals surface area (Å²) >= 11 is 3.02. The quantitative estimate of drug-likeness (QED) is 0.283. The van der Waals surface area contributed by atoms with Gasteiger partial charge >= 0.3 is 0 Å². The molecule has 9 heteroatoms. The molecule has 0 aliphatic rings. The molecule has 0 unspecified atom stereocenters. The lowest BCUT2D eigenvalue weighted by Crippen LogP contribution is -2.20. The fourth-order valence-electron chi connectivity index (χ4n) is 3.75. The number of para-hydroxylation sites is 1. The molecule has 35 heavy (non-hydrogen) atoms.